The summed E-state index contributed by atoms with van der Waals surface area (Å²) in [6.45, 7) is 10.3. The lowest BCUT2D eigenvalue weighted by Crippen LogP contribution is -2.39. The molecule has 0 saturated heterocycles. The lowest BCUT2D eigenvalue weighted by Gasteiger charge is -2.35. The Labute approximate surface area is 112 Å². The zero-order valence-corrected chi connectivity index (χ0v) is 12.8. The molecule has 0 rings (SSSR count). The van der Waals surface area contributed by atoms with Crippen molar-refractivity contribution in [2.45, 2.75) is 85.3 Å². The molecule has 0 saturated carbocycles. The van der Waals surface area contributed by atoms with E-state index in [1.807, 2.05) is 6.92 Å². The van der Waals surface area contributed by atoms with Gasteiger partial charge in [-0.15, -0.1) is 0 Å². The van der Waals surface area contributed by atoms with Gasteiger partial charge in [0, 0.05) is 5.41 Å². The van der Waals surface area contributed by atoms with Crippen LogP contribution in [-0.2, 0) is 9.53 Å². The average molecular weight is 257 g/mol. The smallest absolute Gasteiger partial charge is 0.322 e. The van der Waals surface area contributed by atoms with Gasteiger partial charge in [-0.2, -0.15) is 0 Å². The highest BCUT2D eigenvalue weighted by molar-refractivity contribution is 5.75. The van der Waals surface area contributed by atoms with E-state index < -0.39 is 6.04 Å². The third-order valence-electron chi connectivity index (χ3n) is 3.85. The highest BCUT2D eigenvalue weighted by atomic mass is 16.5. The van der Waals surface area contributed by atoms with Crippen LogP contribution in [0.15, 0.2) is 0 Å². The Morgan fingerprint density at radius 3 is 1.94 bits per heavy atom. The van der Waals surface area contributed by atoms with Crippen LogP contribution in [0.1, 0.15) is 73.1 Å². The van der Waals surface area contributed by atoms with Gasteiger partial charge in [-0.1, -0.05) is 46.5 Å². The van der Waals surface area contributed by atoms with E-state index in [1.165, 1.54) is 25.7 Å². The summed E-state index contributed by atoms with van der Waals surface area (Å²) in [7, 11) is 0. The molecule has 0 heterocycles. The van der Waals surface area contributed by atoms with E-state index in [0.29, 0.717) is 0 Å². The average Bonchev–Trinajstić information content (AvgIpc) is 2.33. The van der Waals surface area contributed by atoms with Crippen molar-refractivity contribution in [2.75, 3.05) is 0 Å². The Hall–Kier alpha value is -0.570. The first-order valence-corrected chi connectivity index (χ1v) is 7.33. The van der Waals surface area contributed by atoms with Gasteiger partial charge >= 0.3 is 5.97 Å². The van der Waals surface area contributed by atoms with Gasteiger partial charge < -0.3 is 10.5 Å². The Morgan fingerprint density at radius 2 is 1.61 bits per heavy atom. The Bertz CT molecular complexity index is 231. The summed E-state index contributed by atoms with van der Waals surface area (Å²) in [5.74, 6) is -0.290. The van der Waals surface area contributed by atoms with Gasteiger partial charge in [-0.3, -0.25) is 4.79 Å². The molecule has 0 aliphatic carbocycles. The molecule has 2 unspecified atom stereocenters. The SMILES string of the molecule is CCCCC(C)(CCCC)C(C)OC(=O)C(C)N. The normalized spacial score (nSPS) is 15.2. The van der Waals surface area contributed by atoms with Gasteiger partial charge in [0.25, 0.3) is 0 Å². The molecule has 3 nitrogen and oxygen atoms in total. The van der Waals surface area contributed by atoms with Crippen molar-refractivity contribution in [1.82, 2.24) is 0 Å². The monoisotopic (exact) mass is 257 g/mol. The van der Waals surface area contributed by atoms with E-state index in [1.54, 1.807) is 6.92 Å². The summed E-state index contributed by atoms with van der Waals surface area (Å²) in [6, 6.07) is -0.533. The maximum absolute atomic E-state index is 11.6. The van der Waals surface area contributed by atoms with Gasteiger partial charge in [-0.05, 0) is 26.7 Å². The van der Waals surface area contributed by atoms with Gasteiger partial charge in [0.1, 0.15) is 12.1 Å². The van der Waals surface area contributed by atoms with Gasteiger partial charge in [0.2, 0.25) is 0 Å². The number of esters is 1. The van der Waals surface area contributed by atoms with Crippen molar-refractivity contribution in [1.29, 1.82) is 0 Å². The van der Waals surface area contributed by atoms with Crippen molar-refractivity contribution in [3.05, 3.63) is 0 Å². The molecule has 18 heavy (non-hydrogen) atoms. The van der Waals surface area contributed by atoms with Crippen molar-refractivity contribution < 1.29 is 9.53 Å². The summed E-state index contributed by atoms with van der Waals surface area (Å²) in [5, 5.41) is 0. The van der Waals surface area contributed by atoms with E-state index in [9.17, 15) is 4.79 Å². The lowest BCUT2D eigenvalue weighted by atomic mass is 9.76. The first kappa shape index (κ1) is 17.4. The van der Waals surface area contributed by atoms with E-state index in [0.717, 1.165) is 12.8 Å². The van der Waals surface area contributed by atoms with Crippen LogP contribution in [0.4, 0.5) is 0 Å². The van der Waals surface area contributed by atoms with E-state index in [-0.39, 0.29) is 17.5 Å². The molecule has 0 aliphatic heterocycles. The molecule has 0 radical (unpaired) electrons. The van der Waals surface area contributed by atoms with Gasteiger partial charge in [0.05, 0.1) is 0 Å². The Morgan fingerprint density at radius 1 is 1.17 bits per heavy atom. The second-order valence-corrected chi connectivity index (χ2v) is 5.73. The predicted molar refractivity (Wildman–Crippen MR) is 76.4 cm³/mol. The minimum atomic E-state index is -0.533. The molecular formula is C15H31NO2. The fourth-order valence-electron chi connectivity index (χ4n) is 2.12. The molecule has 2 atom stereocenters. The Kier molecular flexibility index (Phi) is 8.25. The second kappa shape index (κ2) is 8.52. The van der Waals surface area contributed by atoms with Gasteiger partial charge in [-0.25, -0.2) is 0 Å². The number of rotatable bonds is 9. The molecule has 3 heteroatoms. The van der Waals surface area contributed by atoms with Crippen LogP contribution in [0.5, 0.6) is 0 Å². The van der Waals surface area contributed by atoms with E-state index in [4.69, 9.17) is 10.5 Å². The quantitative estimate of drug-likeness (QED) is 0.641. The maximum atomic E-state index is 11.6. The molecule has 0 spiro atoms. The van der Waals surface area contributed by atoms with E-state index in [2.05, 4.69) is 20.8 Å². The molecule has 0 aromatic carbocycles. The van der Waals surface area contributed by atoms with Crippen molar-refractivity contribution in [3.8, 4) is 0 Å². The topological polar surface area (TPSA) is 52.3 Å². The molecule has 108 valence electrons. The highest BCUT2D eigenvalue weighted by Crippen LogP contribution is 2.36. The van der Waals surface area contributed by atoms with E-state index >= 15 is 0 Å². The second-order valence-electron chi connectivity index (χ2n) is 5.73. The fourth-order valence-corrected chi connectivity index (χ4v) is 2.12. The highest BCUT2D eigenvalue weighted by Gasteiger charge is 2.33. The maximum Gasteiger partial charge on any atom is 0.322 e. The summed E-state index contributed by atoms with van der Waals surface area (Å²) < 4.78 is 5.51. The number of nitrogens with two attached hydrogens (primary N) is 1. The fraction of sp³-hybridized carbons (Fsp3) is 0.933. The van der Waals surface area contributed by atoms with Crippen LogP contribution in [0, 0.1) is 5.41 Å². The van der Waals surface area contributed by atoms with Crippen molar-refractivity contribution in [2.24, 2.45) is 11.1 Å². The molecule has 0 bridgehead atoms. The third kappa shape index (κ3) is 5.85. The summed E-state index contributed by atoms with van der Waals surface area (Å²) in [5.41, 5.74) is 5.63. The van der Waals surface area contributed by atoms with Crippen LogP contribution in [-0.4, -0.2) is 18.1 Å². The van der Waals surface area contributed by atoms with Crippen LogP contribution in [0.3, 0.4) is 0 Å². The molecule has 0 aromatic rings. The molecule has 0 aromatic heterocycles. The van der Waals surface area contributed by atoms with Gasteiger partial charge in [0.15, 0.2) is 0 Å². The first-order chi connectivity index (χ1) is 8.37. The molecule has 2 N–H and O–H groups in total. The lowest BCUT2D eigenvalue weighted by molar-refractivity contribution is -0.156. The third-order valence-corrected chi connectivity index (χ3v) is 3.85. The number of carbonyl (C=O) groups is 1. The van der Waals surface area contributed by atoms with Crippen LogP contribution >= 0.6 is 0 Å². The minimum Gasteiger partial charge on any atom is -0.461 e. The van der Waals surface area contributed by atoms with Crippen molar-refractivity contribution in [3.63, 3.8) is 0 Å². The number of hydrogen-bond donors (Lipinski definition) is 1. The molecule has 0 amide bonds. The zero-order chi connectivity index (χ0) is 14.2. The zero-order valence-electron chi connectivity index (χ0n) is 12.8. The summed E-state index contributed by atoms with van der Waals surface area (Å²) >= 11 is 0. The van der Waals surface area contributed by atoms with Crippen LogP contribution < -0.4 is 5.73 Å². The number of carbonyl (C=O) groups excluding carboxylic acids is 1. The predicted octanol–water partition coefficient (Wildman–Crippen LogP) is 3.65. The molecule has 0 fully saturated rings. The van der Waals surface area contributed by atoms with Crippen LogP contribution in [0.2, 0.25) is 0 Å². The molecule has 0 aliphatic rings. The number of unbranched alkanes of at least 4 members (excludes halogenated alkanes) is 2. The number of hydrogen-bond acceptors (Lipinski definition) is 3. The summed E-state index contributed by atoms with van der Waals surface area (Å²) in [6.07, 6.45) is 6.87. The first-order valence-electron chi connectivity index (χ1n) is 7.33. The summed E-state index contributed by atoms with van der Waals surface area (Å²) in [4.78, 5) is 11.6. The van der Waals surface area contributed by atoms with Crippen molar-refractivity contribution >= 4 is 5.97 Å². The standard InChI is InChI=1S/C15H31NO2/c1-6-8-10-15(5,11-9-7-2)13(4)18-14(17)12(3)16/h12-13H,6-11,16H2,1-5H3. The largest absolute Gasteiger partial charge is 0.461 e. The Balaban J connectivity index is 4.56. The van der Waals surface area contributed by atoms with Crippen LogP contribution in [0.25, 0.3) is 0 Å². The minimum absolute atomic E-state index is 0.0610. The number of ether oxygens (including phenoxy) is 1. The molecular weight excluding hydrogens is 226 g/mol.